The van der Waals surface area contributed by atoms with Crippen molar-refractivity contribution in [1.29, 1.82) is 5.26 Å². The third-order valence-corrected chi connectivity index (χ3v) is 5.37. The number of halogens is 3. The molecule has 0 unspecified atom stereocenters. The van der Waals surface area contributed by atoms with Crippen LogP contribution in [-0.2, 0) is 6.61 Å². The van der Waals surface area contributed by atoms with Crippen molar-refractivity contribution in [1.82, 2.24) is 0 Å². The van der Waals surface area contributed by atoms with E-state index < -0.39 is 5.82 Å². The molecule has 0 aromatic heterocycles. The molecule has 0 heterocycles. The minimum Gasteiger partial charge on any atom is -0.486 e. The molecule has 0 saturated heterocycles. The molecule has 0 amide bonds. The van der Waals surface area contributed by atoms with E-state index in [4.69, 9.17) is 27.9 Å². The lowest BCUT2D eigenvalue weighted by molar-refractivity contribution is 0.307. The molecule has 0 fully saturated rings. The molecule has 2 nitrogen and oxygen atoms in total. The first kappa shape index (κ1) is 20.9. The van der Waals surface area contributed by atoms with Crippen LogP contribution in [0.25, 0.3) is 22.4 Å². The lowest BCUT2D eigenvalue weighted by atomic mass is 10.0. The van der Waals surface area contributed by atoms with Crippen LogP contribution < -0.4 is 4.74 Å². The minimum absolute atomic E-state index is 0.176. The zero-order valence-electron chi connectivity index (χ0n) is 16.3. The minimum atomic E-state index is -0.470. The Morgan fingerprint density at radius 1 is 0.903 bits per heavy atom. The normalized spacial score (nSPS) is 11.4. The summed E-state index contributed by atoms with van der Waals surface area (Å²) in [4.78, 5) is 0. The second-order valence-corrected chi connectivity index (χ2v) is 7.75. The van der Waals surface area contributed by atoms with E-state index in [-0.39, 0.29) is 11.1 Å². The average Bonchev–Trinajstić information content (AvgIpc) is 2.77. The Kier molecular flexibility index (Phi) is 6.23. The van der Waals surface area contributed by atoms with Gasteiger partial charge < -0.3 is 4.74 Å². The molecule has 4 aromatic rings. The second-order valence-electron chi connectivity index (χ2n) is 6.93. The van der Waals surface area contributed by atoms with Crippen molar-refractivity contribution in [2.75, 3.05) is 0 Å². The zero-order valence-corrected chi connectivity index (χ0v) is 17.8. The van der Waals surface area contributed by atoms with E-state index in [1.165, 1.54) is 6.07 Å². The summed E-state index contributed by atoms with van der Waals surface area (Å²) in [6.07, 6.45) is 1.54. The molecule has 4 rings (SSSR count). The van der Waals surface area contributed by atoms with Gasteiger partial charge in [0.25, 0.3) is 0 Å². The molecule has 0 N–H and O–H groups in total. The van der Waals surface area contributed by atoms with Crippen molar-refractivity contribution in [3.8, 4) is 11.8 Å². The molecule has 0 aliphatic carbocycles. The lowest BCUT2D eigenvalue weighted by Gasteiger charge is -2.12. The molecular formula is C26H16Cl2FNO. The van der Waals surface area contributed by atoms with Gasteiger partial charge >= 0.3 is 0 Å². The van der Waals surface area contributed by atoms with E-state index in [0.717, 1.165) is 16.3 Å². The van der Waals surface area contributed by atoms with Crippen LogP contribution in [-0.4, -0.2) is 0 Å². The maximum absolute atomic E-state index is 14.0. The van der Waals surface area contributed by atoms with Gasteiger partial charge in [-0.3, -0.25) is 0 Å². The maximum atomic E-state index is 14.0. The SMILES string of the molecule is N#CC(=Cc1cc(Cl)c(OCc2ccc3ccccc3c2)c(Cl)c1)c1ccccc1F. The molecule has 152 valence electrons. The third-order valence-electron chi connectivity index (χ3n) is 4.81. The molecule has 0 saturated carbocycles. The number of hydrogen-bond donors (Lipinski definition) is 0. The summed E-state index contributed by atoms with van der Waals surface area (Å²) in [6, 6.07) is 25.6. The molecule has 0 atom stereocenters. The lowest BCUT2D eigenvalue weighted by Crippen LogP contribution is -1.97. The Hall–Kier alpha value is -3.32. The summed E-state index contributed by atoms with van der Waals surface area (Å²) >= 11 is 12.8. The van der Waals surface area contributed by atoms with Crippen LogP contribution in [0.3, 0.4) is 0 Å². The number of nitriles is 1. The Morgan fingerprint density at radius 2 is 1.58 bits per heavy atom. The second kappa shape index (κ2) is 9.22. The summed E-state index contributed by atoms with van der Waals surface area (Å²) in [7, 11) is 0. The summed E-state index contributed by atoms with van der Waals surface area (Å²) < 4.78 is 19.9. The largest absolute Gasteiger partial charge is 0.486 e. The molecule has 5 heteroatoms. The Morgan fingerprint density at radius 3 is 2.29 bits per heavy atom. The van der Waals surface area contributed by atoms with Gasteiger partial charge in [-0.15, -0.1) is 0 Å². The number of hydrogen-bond acceptors (Lipinski definition) is 2. The number of rotatable bonds is 5. The van der Waals surface area contributed by atoms with Gasteiger partial charge in [-0.05, 0) is 52.2 Å². The van der Waals surface area contributed by atoms with Crippen molar-refractivity contribution < 1.29 is 9.13 Å². The molecule has 0 spiro atoms. The molecule has 0 bridgehead atoms. The fourth-order valence-corrected chi connectivity index (χ4v) is 3.91. The highest BCUT2D eigenvalue weighted by molar-refractivity contribution is 6.37. The number of ether oxygens (including phenoxy) is 1. The summed E-state index contributed by atoms with van der Waals surface area (Å²) in [5.41, 5.74) is 1.96. The van der Waals surface area contributed by atoms with Gasteiger partial charge in [0.2, 0.25) is 0 Å². The van der Waals surface area contributed by atoms with Crippen molar-refractivity contribution in [2.24, 2.45) is 0 Å². The molecule has 0 aliphatic rings. The predicted octanol–water partition coefficient (Wildman–Crippen LogP) is 7.93. The Balaban J connectivity index is 1.58. The van der Waals surface area contributed by atoms with Crippen LogP contribution in [0.5, 0.6) is 5.75 Å². The Labute approximate surface area is 189 Å². The van der Waals surface area contributed by atoms with Crippen LogP contribution in [0, 0.1) is 17.1 Å². The molecule has 4 aromatic carbocycles. The monoisotopic (exact) mass is 447 g/mol. The van der Waals surface area contributed by atoms with Gasteiger partial charge in [0.15, 0.2) is 5.75 Å². The van der Waals surface area contributed by atoms with E-state index in [1.54, 1.807) is 36.4 Å². The first-order valence-corrected chi connectivity index (χ1v) is 10.3. The van der Waals surface area contributed by atoms with Crippen molar-refractivity contribution in [3.05, 3.63) is 111 Å². The number of benzene rings is 4. The fraction of sp³-hybridized carbons (Fsp3) is 0.0385. The molecule has 0 radical (unpaired) electrons. The average molecular weight is 448 g/mol. The van der Waals surface area contributed by atoms with Gasteiger partial charge in [0.05, 0.1) is 21.7 Å². The standard InChI is InChI=1S/C26H16Cl2FNO/c27-23-13-18(12-21(15-30)22-7-3-4-8-25(22)29)14-24(28)26(23)31-16-17-9-10-19-5-1-2-6-20(19)11-17/h1-14H,16H2. The van der Waals surface area contributed by atoms with E-state index in [2.05, 4.69) is 12.1 Å². The zero-order chi connectivity index (χ0) is 21.8. The van der Waals surface area contributed by atoms with E-state index >= 15 is 0 Å². The molecular weight excluding hydrogens is 432 g/mol. The van der Waals surface area contributed by atoms with Gasteiger partial charge in [0.1, 0.15) is 12.4 Å². The highest BCUT2D eigenvalue weighted by Crippen LogP contribution is 2.36. The summed E-state index contributed by atoms with van der Waals surface area (Å²) in [5.74, 6) is -0.110. The number of fused-ring (bicyclic) bond motifs is 1. The van der Waals surface area contributed by atoms with Crippen LogP contribution in [0.1, 0.15) is 16.7 Å². The highest BCUT2D eigenvalue weighted by atomic mass is 35.5. The van der Waals surface area contributed by atoms with Crippen molar-refractivity contribution in [2.45, 2.75) is 6.61 Å². The van der Waals surface area contributed by atoms with E-state index in [0.29, 0.717) is 28.0 Å². The number of allylic oxidation sites excluding steroid dienone is 1. The first-order chi connectivity index (χ1) is 15.0. The van der Waals surface area contributed by atoms with Gasteiger partial charge in [-0.1, -0.05) is 77.8 Å². The van der Waals surface area contributed by atoms with Crippen molar-refractivity contribution >= 4 is 45.6 Å². The smallest absolute Gasteiger partial charge is 0.157 e. The molecule has 31 heavy (non-hydrogen) atoms. The first-order valence-electron chi connectivity index (χ1n) is 9.51. The fourth-order valence-electron chi connectivity index (χ4n) is 3.30. The van der Waals surface area contributed by atoms with Gasteiger partial charge in [-0.25, -0.2) is 4.39 Å². The van der Waals surface area contributed by atoms with Crippen molar-refractivity contribution in [3.63, 3.8) is 0 Å². The van der Waals surface area contributed by atoms with Crippen LogP contribution in [0.4, 0.5) is 4.39 Å². The molecule has 0 aliphatic heterocycles. The van der Waals surface area contributed by atoms with E-state index in [9.17, 15) is 9.65 Å². The van der Waals surface area contributed by atoms with Gasteiger partial charge in [-0.2, -0.15) is 5.26 Å². The van der Waals surface area contributed by atoms with Crippen LogP contribution >= 0.6 is 23.2 Å². The topological polar surface area (TPSA) is 33.0 Å². The van der Waals surface area contributed by atoms with Crippen LogP contribution in [0.2, 0.25) is 10.0 Å². The number of nitrogens with zero attached hydrogens (tertiary/aromatic N) is 1. The summed E-state index contributed by atoms with van der Waals surface area (Å²) in [6.45, 7) is 0.304. The Bertz CT molecular complexity index is 1320. The predicted molar refractivity (Wildman–Crippen MR) is 125 cm³/mol. The summed E-state index contributed by atoms with van der Waals surface area (Å²) in [5, 5.41) is 12.4. The van der Waals surface area contributed by atoms with Gasteiger partial charge in [0, 0.05) is 5.56 Å². The van der Waals surface area contributed by atoms with Crippen LogP contribution in [0.15, 0.2) is 78.9 Å². The highest BCUT2D eigenvalue weighted by Gasteiger charge is 2.12. The third kappa shape index (κ3) is 4.72. The quantitative estimate of drug-likeness (QED) is 0.229. The maximum Gasteiger partial charge on any atom is 0.157 e. The van der Waals surface area contributed by atoms with E-state index in [1.807, 2.05) is 36.4 Å².